The van der Waals surface area contributed by atoms with E-state index in [2.05, 4.69) is 0 Å². The van der Waals surface area contributed by atoms with Gasteiger partial charge in [-0.25, -0.2) is 4.79 Å². The Morgan fingerprint density at radius 2 is 2.35 bits per heavy atom. The normalized spacial score (nSPS) is 30.1. The fourth-order valence-corrected chi connectivity index (χ4v) is 3.38. The fraction of sp³-hybridized carbons (Fsp3) is 0.500. The Balaban J connectivity index is 1.71. The predicted octanol–water partition coefficient (Wildman–Crippen LogP) is 1.22. The number of piperidine rings is 1. The van der Waals surface area contributed by atoms with Crippen molar-refractivity contribution in [2.24, 2.45) is 11.8 Å². The first kappa shape index (κ1) is 10.8. The van der Waals surface area contributed by atoms with Crippen LogP contribution in [0, 0.1) is 11.8 Å². The Morgan fingerprint density at radius 1 is 1.53 bits per heavy atom. The molecule has 0 bridgehead atoms. The third kappa shape index (κ3) is 1.84. The van der Waals surface area contributed by atoms with Gasteiger partial charge in [-0.3, -0.25) is 4.79 Å². The Morgan fingerprint density at radius 3 is 3.00 bits per heavy atom. The second-order valence-corrected chi connectivity index (χ2v) is 5.58. The van der Waals surface area contributed by atoms with Crippen molar-refractivity contribution in [3.05, 3.63) is 22.4 Å². The largest absolute Gasteiger partial charge is 0.480 e. The van der Waals surface area contributed by atoms with Crippen molar-refractivity contribution >= 4 is 23.2 Å². The van der Waals surface area contributed by atoms with Crippen molar-refractivity contribution in [1.29, 1.82) is 0 Å². The van der Waals surface area contributed by atoms with E-state index in [-0.39, 0.29) is 11.8 Å². The zero-order chi connectivity index (χ0) is 12.0. The summed E-state index contributed by atoms with van der Waals surface area (Å²) in [4.78, 5) is 24.8. The Hall–Kier alpha value is -1.36. The lowest BCUT2D eigenvalue weighted by Gasteiger charge is -2.24. The van der Waals surface area contributed by atoms with Gasteiger partial charge in [-0.2, -0.15) is 11.3 Å². The molecule has 1 saturated heterocycles. The molecule has 0 aromatic carbocycles. The topological polar surface area (TPSA) is 57.6 Å². The van der Waals surface area contributed by atoms with Gasteiger partial charge in [-0.15, -0.1) is 0 Å². The predicted molar refractivity (Wildman–Crippen MR) is 62.8 cm³/mol. The number of carboxylic acid groups (broad SMARTS) is 1. The SMILES string of the molecule is O=C(O)[C@H]1[C@H]2C[C@H]2CN1C(=O)Cc1ccsc1. The van der Waals surface area contributed by atoms with Crippen LogP contribution in [0.25, 0.3) is 0 Å². The number of hydrogen-bond acceptors (Lipinski definition) is 3. The van der Waals surface area contributed by atoms with Crippen molar-refractivity contribution in [3.63, 3.8) is 0 Å². The number of likely N-dealkylation sites (tertiary alicyclic amines) is 1. The van der Waals surface area contributed by atoms with Gasteiger partial charge in [-0.05, 0) is 40.6 Å². The quantitative estimate of drug-likeness (QED) is 0.878. The first-order valence-corrected chi connectivity index (χ1v) is 6.64. The molecule has 5 heteroatoms. The van der Waals surface area contributed by atoms with E-state index in [1.165, 1.54) is 0 Å². The highest BCUT2D eigenvalue weighted by molar-refractivity contribution is 7.07. The summed E-state index contributed by atoms with van der Waals surface area (Å²) < 4.78 is 0. The second-order valence-electron chi connectivity index (χ2n) is 4.80. The van der Waals surface area contributed by atoms with Gasteiger partial charge in [0.2, 0.25) is 5.91 Å². The molecule has 1 aromatic rings. The van der Waals surface area contributed by atoms with E-state index in [1.54, 1.807) is 16.2 Å². The van der Waals surface area contributed by atoms with Gasteiger partial charge in [0, 0.05) is 6.54 Å². The van der Waals surface area contributed by atoms with Crippen molar-refractivity contribution in [3.8, 4) is 0 Å². The summed E-state index contributed by atoms with van der Waals surface area (Å²) in [7, 11) is 0. The van der Waals surface area contributed by atoms with Crippen LogP contribution >= 0.6 is 11.3 Å². The van der Waals surface area contributed by atoms with Crippen LogP contribution in [0.1, 0.15) is 12.0 Å². The minimum Gasteiger partial charge on any atom is -0.480 e. The number of thiophene rings is 1. The minimum absolute atomic E-state index is 0.0528. The molecule has 1 aliphatic carbocycles. The lowest BCUT2D eigenvalue weighted by atomic mass is 10.1. The molecular weight excluding hydrogens is 238 g/mol. The number of carbonyl (C=O) groups is 2. The molecule has 0 radical (unpaired) electrons. The van der Waals surface area contributed by atoms with E-state index in [0.29, 0.717) is 18.9 Å². The lowest BCUT2D eigenvalue weighted by Crippen LogP contribution is -2.44. The van der Waals surface area contributed by atoms with Gasteiger partial charge >= 0.3 is 5.97 Å². The zero-order valence-corrected chi connectivity index (χ0v) is 10.0. The Kier molecular flexibility index (Phi) is 2.43. The van der Waals surface area contributed by atoms with Crippen molar-refractivity contribution in [2.75, 3.05) is 6.54 Å². The maximum atomic E-state index is 12.1. The maximum absolute atomic E-state index is 12.1. The molecule has 1 N–H and O–H groups in total. The van der Waals surface area contributed by atoms with E-state index in [4.69, 9.17) is 5.11 Å². The van der Waals surface area contributed by atoms with E-state index in [1.807, 2.05) is 16.8 Å². The van der Waals surface area contributed by atoms with Gasteiger partial charge < -0.3 is 10.0 Å². The van der Waals surface area contributed by atoms with Crippen molar-refractivity contribution in [1.82, 2.24) is 4.90 Å². The molecule has 3 atom stereocenters. The molecule has 90 valence electrons. The van der Waals surface area contributed by atoms with Gasteiger partial charge in [0.25, 0.3) is 0 Å². The average Bonchev–Trinajstić information content (AvgIpc) is 2.76. The number of hydrogen-bond donors (Lipinski definition) is 1. The van der Waals surface area contributed by atoms with Crippen molar-refractivity contribution in [2.45, 2.75) is 18.9 Å². The Labute approximate surface area is 103 Å². The van der Waals surface area contributed by atoms with Crippen LogP contribution in [0.3, 0.4) is 0 Å². The van der Waals surface area contributed by atoms with E-state index < -0.39 is 12.0 Å². The number of amides is 1. The highest BCUT2D eigenvalue weighted by atomic mass is 32.1. The van der Waals surface area contributed by atoms with Crippen LogP contribution in [-0.4, -0.2) is 34.5 Å². The van der Waals surface area contributed by atoms with Crippen molar-refractivity contribution < 1.29 is 14.7 Å². The first-order valence-electron chi connectivity index (χ1n) is 5.70. The van der Waals surface area contributed by atoms with Crippen LogP contribution in [0.4, 0.5) is 0 Å². The number of carboxylic acids is 1. The summed E-state index contributed by atoms with van der Waals surface area (Å²) in [5.74, 6) is -0.266. The summed E-state index contributed by atoms with van der Waals surface area (Å²) in [6.45, 7) is 0.630. The molecular formula is C12H13NO3S. The van der Waals surface area contributed by atoms with Gasteiger partial charge in [0.15, 0.2) is 0 Å². The van der Waals surface area contributed by atoms with Crippen LogP contribution < -0.4 is 0 Å². The zero-order valence-electron chi connectivity index (χ0n) is 9.20. The summed E-state index contributed by atoms with van der Waals surface area (Å²) in [6, 6.07) is 1.33. The highest BCUT2D eigenvalue weighted by Crippen LogP contribution is 2.49. The molecule has 2 aliphatic rings. The van der Waals surface area contributed by atoms with E-state index in [9.17, 15) is 9.59 Å². The minimum atomic E-state index is -0.853. The third-order valence-electron chi connectivity index (χ3n) is 3.66. The van der Waals surface area contributed by atoms with Crippen LogP contribution in [0.5, 0.6) is 0 Å². The first-order chi connectivity index (χ1) is 8.16. The van der Waals surface area contributed by atoms with Crippen LogP contribution in [0.15, 0.2) is 16.8 Å². The molecule has 0 spiro atoms. The molecule has 0 unspecified atom stereocenters. The molecule has 2 heterocycles. The number of rotatable bonds is 3. The van der Waals surface area contributed by atoms with Crippen LogP contribution in [-0.2, 0) is 16.0 Å². The number of carbonyl (C=O) groups excluding carboxylic acids is 1. The third-order valence-corrected chi connectivity index (χ3v) is 4.39. The molecule has 2 fully saturated rings. The molecule has 3 rings (SSSR count). The molecule has 4 nitrogen and oxygen atoms in total. The molecule has 1 aliphatic heterocycles. The summed E-state index contributed by atoms with van der Waals surface area (Å²) in [6.07, 6.45) is 1.30. The van der Waals surface area contributed by atoms with E-state index in [0.717, 1.165) is 12.0 Å². The van der Waals surface area contributed by atoms with Gasteiger partial charge in [0.05, 0.1) is 6.42 Å². The van der Waals surface area contributed by atoms with Crippen LogP contribution in [0.2, 0.25) is 0 Å². The van der Waals surface area contributed by atoms with Gasteiger partial charge in [0.1, 0.15) is 6.04 Å². The number of nitrogens with zero attached hydrogens (tertiary/aromatic N) is 1. The summed E-state index contributed by atoms with van der Waals surface area (Å²) >= 11 is 1.55. The highest BCUT2D eigenvalue weighted by Gasteiger charge is 2.56. The fourth-order valence-electron chi connectivity index (χ4n) is 2.71. The molecule has 1 saturated carbocycles. The number of fused-ring (bicyclic) bond motifs is 1. The summed E-state index contributed by atoms with van der Waals surface area (Å²) in [5.41, 5.74) is 0.977. The number of aliphatic carboxylic acids is 1. The average molecular weight is 251 g/mol. The van der Waals surface area contributed by atoms with Gasteiger partial charge in [-0.1, -0.05) is 0 Å². The second kappa shape index (κ2) is 3.84. The smallest absolute Gasteiger partial charge is 0.326 e. The Bertz CT molecular complexity index is 456. The molecule has 1 amide bonds. The standard InChI is InChI=1S/C12H13NO3S/c14-10(3-7-1-2-17-6-7)13-5-8-4-9(8)11(13)12(15)16/h1-2,6,8-9,11H,3-5H2,(H,15,16)/t8-,9-,11+/m0/s1. The summed E-state index contributed by atoms with van der Waals surface area (Å²) in [5, 5.41) is 13.0. The lowest BCUT2D eigenvalue weighted by molar-refractivity contribution is -0.149. The molecule has 1 aromatic heterocycles. The maximum Gasteiger partial charge on any atom is 0.326 e. The molecule has 17 heavy (non-hydrogen) atoms. The monoisotopic (exact) mass is 251 g/mol. The van der Waals surface area contributed by atoms with E-state index >= 15 is 0 Å².